The van der Waals surface area contributed by atoms with Crippen LogP contribution >= 0.6 is 0 Å². The zero-order valence-corrected chi connectivity index (χ0v) is 15.4. The molecular weight excluding hydrogens is 380 g/mol. The van der Waals surface area contributed by atoms with Crippen LogP contribution in [-0.4, -0.2) is 61.4 Å². The quantitative estimate of drug-likeness (QED) is 0.666. The number of hydrogen-bond acceptors (Lipinski definition) is 7. The van der Waals surface area contributed by atoms with Gasteiger partial charge in [0.25, 0.3) is 0 Å². The normalized spacial score (nSPS) is 18.8. The molecule has 0 unspecified atom stereocenters. The van der Waals surface area contributed by atoms with E-state index in [0.717, 1.165) is 5.41 Å². The second-order valence-electron chi connectivity index (χ2n) is 5.86. The van der Waals surface area contributed by atoms with Gasteiger partial charge >= 0.3 is 0 Å². The topological polar surface area (TPSA) is 138 Å². The van der Waals surface area contributed by atoms with Crippen LogP contribution in [0.1, 0.15) is 6.42 Å². The third-order valence-electron chi connectivity index (χ3n) is 4.13. The predicted octanol–water partition coefficient (Wildman–Crippen LogP) is -0.0598. The van der Waals surface area contributed by atoms with Gasteiger partial charge in [-0.3, -0.25) is 0 Å². The lowest BCUT2D eigenvalue weighted by Gasteiger charge is -2.17. The van der Waals surface area contributed by atoms with Gasteiger partial charge in [0.1, 0.15) is 0 Å². The Morgan fingerprint density at radius 3 is 2.85 bits per heavy atom. The standard InChI is InChI=1S/C14H18N6O4S2/c1-2-25(21,22)15-9-11-6-7-20(10-11)26(23,24)13-5-3-4-12(8-13)14-16-18-19-17-14/h2-5,8,11,15H,1,6-7,9-10H2,(H,16,17,18,19)/t11-/m1/s1. The molecule has 140 valence electrons. The molecule has 1 atom stereocenters. The van der Waals surface area contributed by atoms with E-state index in [2.05, 4.69) is 31.9 Å². The Kier molecular flexibility index (Phi) is 5.18. The third-order valence-corrected chi connectivity index (χ3v) is 7.00. The highest BCUT2D eigenvalue weighted by Crippen LogP contribution is 2.26. The maximum Gasteiger partial charge on any atom is 0.243 e. The number of nitrogens with one attached hydrogen (secondary N) is 2. The van der Waals surface area contributed by atoms with E-state index in [4.69, 9.17) is 0 Å². The van der Waals surface area contributed by atoms with Crippen molar-refractivity contribution in [1.29, 1.82) is 0 Å². The van der Waals surface area contributed by atoms with Gasteiger partial charge in [0.15, 0.2) is 5.82 Å². The molecule has 1 aliphatic rings. The second kappa shape index (κ2) is 7.23. The van der Waals surface area contributed by atoms with Gasteiger partial charge < -0.3 is 0 Å². The maximum absolute atomic E-state index is 12.9. The van der Waals surface area contributed by atoms with Crippen LogP contribution in [0.15, 0.2) is 41.1 Å². The molecule has 2 heterocycles. The Balaban J connectivity index is 1.73. The Morgan fingerprint density at radius 2 is 2.15 bits per heavy atom. The minimum absolute atomic E-state index is 0.0962. The molecule has 1 fully saturated rings. The number of hydrogen-bond donors (Lipinski definition) is 2. The van der Waals surface area contributed by atoms with E-state index in [1.165, 1.54) is 16.4 Å². The third kappa shape index (κ3) is 3.98. The molecule has 0 aliphatic carbocycles. The van der Waals surface area contributed by atoms with Gasteiger partial charge in [0.2, 0.25) is 20.0 Å². The minimum atomic E-state index is -3.69. The van der Waals surface area contributed by atoms with Crippen LogP contribution in [0, 0.1) is 5.92 Å². The van der Waals surface area contributed by atoms with Crippen molar-refractivity contribution in [3.8, 4) is 11.4 Å². The number of aromatic amines is 1. The Hall–Kier alpha value is -2.15. The fourth-order valence-electron chi connectivity index (χ4n) is 2.71. The summed E-state index contributed by atoms with van der Waals surface area (Å²) in [5.41, 5.74) is 0.561. The van der Waals surface area contributed by atoms with Gasteiger partial charge in [-0.15, -0.1) is 5.10 Å². The van der Waals surface area contributed by atoms with Gasteiger partial charge in [-0.1, -0.05) is 18.7 Å². The van der Waals surface area contributed by atoms with Crippen molar-refractivity contribution in [2.24, 2.45) is 5.92 Å². The first-order valence-electron chi connectivity index (χ1n) is 7.78. The van der Waals surface area contributed by atoms with Gasteiger partial charge in [-0.05, 0) is 34.9 Å². The van der Waals surface area contributed by atoms with E-state index in [0.29, 0.717) is 24.4 Å². The molecule has 1 saturated heterocycles. The lowest BCUT2D eigenvalue weighted by atomic mass is 10.1. The molecule has 1 aromatic heterocycles. The number of benzene rings is 1. The average molecular weight is 398 g/mol. The Labute approximate surface area is 151 Å². The zero-order chi connectivity index (χ0) is 18.8. The molecule has 2 N–H and O–H groups in total. The number of tetrazole rings is 1. The first kappa shape index (κ1) is 18.6. The van der Waals surface area contributed by atoms with E-state index >= 15 is 0 Å². The van der Waals surface area contributed by atoms with Crippen LogP contribution in [0.25, 0.3) is 11.4 Å². The number of rotatable bonds is 7. The maximum atomic E-state index is 12.9. The summed E-state index contributed by atoms with van der Waals surface area (Å²) in [6.45, 7) is 3.97. The minimum Gasteiger partial charge on any atom is -0.239 e. The van der Waals surface area contributed by atoms with Crippen molar-refractivity contribution < 1.29 is 16.8 Å². The molecular formula is C14H18N6O4S2. The van der Waals surface area contributed by atoms with E-state index in [9.17, 15) is 16.8 Å². The van der Waals surface area contributed by atoms with E-state index in [1.807, 2.05) is 0 Å². The second-order valence-corrected chi connectivity index (χ2v) is 9.51. The molecule has 0 radical (unpaired) electrons. The van der Waals surface area contributed by atoms with Crippen LogP contribution in [0.3, 0.4) is 0 Å². The molecule has 0 bridgehead atoms. The van der Waals surface area contributed by atoms with Crippen molar-refractivity contribution >= 4 is 20.0 Å². The number of nitrogens with zero attached hydrogens (tertiary/aromatic N) is 4. The monoisotopic (exact) mass is 398 g/mol. The molecule has 0 spiro atoms. The van der Waals surface area contributed by atoms with Gasteiger partial charge in [-0.25, -0.2) is 26.7 Å². The summed E-state index contributed by atoms with van der Waals surface area (Å²) >= 11 is 0. The van der Waals surface area contributed by atoms with E-state index < -0.39 is 20.0 Å². The molecule has 3 rings (SSSR count). The highest BCUT2D eigenvalue weighted by molar-refractivity contribution is 7.92. The first-order chi connectivity index (χ1) is 12.3. The van der Waals surface area contributed by atoms with E-state index in [-0.39, 0.29) is 23.9 Å². The molecule has 2 aromatic rings. The summed E-state index contributed by atoms with van der Waals surface area (Å²) in [7, 11) is -7.21. The summed E-state index contributed by atoms with van der Waals surface area (Å²) in [5, 5.41) is 14.2. The van der Waals surface area contributed by atoms with Crippen LogP contribution < -0.4 is 4.72 Å². The predicted molar refractivity (Wildman–Crippen MR) is 93.6 cm³/mol. The molecule has 12 heteroatoms. The molecule has 1 aliphatic heterocycles. The fraction of sp³-hybridized carbons (Fsp3) is 0.357. The molecule has 10 nitrogen and oxygen atoms in total. The molecule has 1 aromatic carbocycles. The smallest absolute Gasteiger partial charge is 0.239 e. The van der Waals surface area contributed by atoms with Crippen molar-refractivity contribution in [1.82, 2.24) is 29.7 Å². The van der Waals surface area contributed by atoms with E-state index in [1.54, 1.807) is 12.1 Å². The Morgan fingerprint density at radius 1 is 1.35 bits per heavy atom. The summed E-state index contributed by atoms with van der Waals surface area (Å²) in [6, 6.07) is 6.34. The summed E-state index contributed by atoms with van der Waals surface area (Å²) in [5.74, 6) is 0.279. The number of H-pyrrole nitrogens is 1. The Bertz CT molecular complexity index is 988. The van der Waals surface area contributed by atoms with Gasteiger partial charge in [-0.2, -0.15) is 4.31 Å². The lowest BCUT2D eigenvalue weighted by molar-refractivity contribution is 0.455. The zero-order valence-electron chi connectivity index (χ0n) is 13.7. The van der Waals surface area contributed by atoms with Crippen molar-refractivity contribution in [3.63, 3.8) is 0 Å². The largest absolute Gasteiger partial charge is 0.243 e. The van der Waals surface area contributed by atoms with Gasteiger partial charge in [0, 0.05) is 30.6 Å². The number of sulfonamides is 2. The van der Waals surface area contributed by atoms with Crippen LogP contribution in [0.2, 0.25) is 0 Å². The summed E-state index contributed by atoms with van der Waals surface area (Å²) in [4.78, 5) is 0.138. The summed E-state index contributed by atoms with van der Waals surface area (Å²) in [6.07, 6.45) is 0.574. The SMILES string of the molecule is C=CS(=O)(=O)NC[C@H]1CCN(S(=O)(=O)c2cccc(-c3nnn[nH]3)c2)C1. The van der Waals surface area contributed by atoms with Crippen LogP contribution in [0.4, 0.5) is 0 Å². The fourth-order valence-corrected chi connectivity index (χ4v) is 4.87. The highest BCUT2D eigenvalue weighted by atomic mass is 32.2. The van der Waals surface area contributed by atoms with Crippen molar-refractivity contribution in [2.45, 2.75) is 11.3 Å². The molecule has 0 saturated carbocycles. The van der Waals surface area contributed by atoms with Crippen molar-refractivity contribution in [2.75, 3.05) is 19.6 Å². The molecule has 0 amide bonds. The van der Waals surface area contributed by atoms with Crippen LogP contribution in [-0.2, 0) is 20.0 Å². The van der Waals surface area contributed by atoms with Crippen molar-refractivity contribution in [3.05, 3.63) is 36.3 Å². The van der Waals surface area contributed by atoms with Crippen LogP contribution in [0.5, 0.6) is 0 Å². The van der Waals surface area contributed by atoms with Gasteiger partial charge in [0.05, 0.1) is 4.90 Å². The molecule has 26 heavy (non-hydrogen) atoms. The summed E-state index contributed by atoms with van der Waals surface area (Å²) < 4.78 is 52.3. The first-order valence-corrected chi connectivity index (χ1v) is 10.8. The lowest BCUT2D eigenvalue weighted by Crippen LogP contribution is -2.32. The highest BCUT2D eigenvalue weighted by Gasteiger charge is 2.33. The number of aromatic nitrogens is 4. The average Bonchev–Trinajstić information content (AvgIpc) is 3.32.